The molecule has 1 amide bonds. The molecular formula is C16H14BrN3OS. The first-order valence-electron chi connectivity index (χ1n) is 6.75. The van der Waals surface area contributed by atoms with Crippen molar-refractivity contribution in [2.75, 3.05) is 5.32 Å². The van der Waals surface area contributed by atoms with Crippen LogP contribution in [0.2, 0.25) is 0 Å². The molecule has 0 aliphatic heterocycles. The Morgan fingerprint density at radius 2 is 2.05 bits per heavy atom. The summed E-state index contributed by atoms with van der Waals surface area (Å²) in [4.78, 5) is 13.0. The zero-order valence-electron chi connectivity index (χ0n) is 11.9. The molecule has 6 heteroatoms. The van der Waals surface area contributed by atoms with Gasteiger partial charge in [0, 0.05) is 10.5 Å². The largest absolute Gasteiger partial charge is 0.306 e. The van der Waals surface area contributed by atoms with E-state index >= 15 is 0 Å². The molecule has 3 aromatic rings. The highest BCUT2D eigenvalue weighted by Gasteiger charge is 2.13. The summed E-state index contributed by atoms with van der Waals surface area (Å²) in [5.41, 5.74) is 2.11. The van der Waals surface area contributed by atoms with Gasteiger partial charge < -0.3 is 5.32 Å². The Kier molecular flexibility index (Phi) is 4.40. The fourth-order valence-corrected chi connectivity index (χ4v) is 3.19. The van der Waals surface area contributed by atoms with Crippen molar-refractivity contribution in [1.82, 2.24) is 9.78 Å². The number of nitrogens with one attached hydrogen (secondary N) is 1. The van der Waals surface area contributed by atoms with Gasteiger partial charge in [-0.2, -0.15) is 5.10 Å². The molecule has 0 aliphatic carbocycles. The van der Waals surface area contributed by atoms with Gasteiger partial charge in [-0.05, 0) is 41.6 Å². The second-order valence-electron chi connectivity index (χ2n) is 4.89. The van der Waals surface area contributed by atoms with Gasteiger partial charge in [-0.3, -0.25) is 4.79 Å². The van der Waals surface area contributed by atoms with Gasteiger partial charge in [0.15, 0.2) is 0 Å². The average Bonchev–Trinajstić information content (AvgIpc) is 3.11. The van der Waals surface area contributed by atoms with Crippen LogP contribution in [0.25, 0.3) is 0 Å². The predicted molar refractivity (Wildman–Crippen MR) is 92.5 cm³/mol. The number of carbonyl (C=O) groups is 1. The number of aryl methyl sites for hydroxylation is 1. The molecule has 2 heterocycles. The number of anilines is 1. The van der Waals surface area contributed by atoms with Crippen molar-refractivity contribution < 1.29 is 4.79 Å². The van der Waals surface area contributed by atoms with Crippen molar-refractivity contribution in [2.24, 2.45) is 0 Å². The van der Waals surface area contributed by atoms with Gasteiger partial charge in [0.1, 0.15) is 5.82 Å². The standard InChI is InChI=1S/C16H14BrN3OS/c1-11-7-9-22-15(11)16(21)19-14-6-8-18-20(14)10-12-2-4-13(17)5-3-12/h2-9H,10H2,1H3,(H,19,21). The van der Waals surface area contributed by atoms with E-state index in [9.17, 15) is 4.79 Å². The van der Waals surface area contributed by atoms with Crippen LogP contribution in [0, 0.1) is 6.92 Å². The van der Waals surface area contributed by atoms with Crippen LogP contribution in [0.3, 0.4) is 0 Å². The molecule has 0 aliphatic rings. The summed E-state index contributed by atoms with van der Waals surface area (Å²) in [6.07, 6.45) is 1.69. The third-order valence-electron chi connectivity index (χ3n) is 3.27. The van der Waals surface area contributed by atoms with E-state index in [4.69, 9.17) is 0 Å². The van der Waals surface area contributed by atoms with E-state index in [-0.39, 0.29) is 5.91 Å². The van der Waals surface area contributed by atoms with Gasteiger partial charge in [-0.1, -0.05) is 28.1 Å². The summed E-state index contributed by atoms with van der Waals surface area (Å²) in [5, 5.41) is 9.13. The van der Waals surface area contributed by atoms with Crippen LogP contribution in [-0.2, 0) is 6.54 Å². The molecule has 0 radical (unpaired) electrons. The molecule has 0 saturated carbocycles. The third-order valence-corrected chi connectivity index (χ3v) is 4.82. The Morgan fingerprint density at radius 3 is 2.73 bits per heavy atom. The van der Waals surface area contributed by atoms with Crippen LogP contribution in [0.15, 0.2) is 52.4 Å². The normalized spacial score (nSPS) is 10.6. The van der Waals surface area contributed by atoms with Crippen molar-refractivity contribution >= 4 is 39.0 Å². The minimum atomic E-state index is -0.0925. The molecular weight excluding hydrogens is 362 g/mol. The number of nitrogens with zero attached hydrogens (tertiary/aromatic N) is 2. The molecule has 0 spiro atoms. The highest BCUT2D eigenvalue weighted by atomic mass is 79.9. The van der Waals surface area contributed by atoms with Crippen molar-refractivity contribution in [2.45, 2.75) is 13.5 Å². The van der Waals surface area contributed by atoms with Crippen LogP contribution in [0.5, 0.6) is 0 Å². The van der Waals surface area contributed by atoms with Crippen molar-refractivity contribution in [1.29, 1.82) is 0 Å². The molecule has 0 saturated heterocycles. The lowest BCUT2D eigenvalue weighted by Gasteiger charge is -2.09. The second-order valence-corrected chi connectivity index (χ2v) is 6.72. The number of amides is 1. The Morgan fingerprint density at radius 1 is 1.27 bits per heavy atom. The van der Waals surface area contributed by atoms with Gasteiger partial charge in [-0.25, -0.2) is 4.68 Å². The number of halogens is 1. The maximum atomic E-state index is 12.3. The molecule has 0 atom stereocenters. The smallest absolute Gasteiger partial charge is 0.267 e. The van der Waals surface area contributed by atoms with Crippen LogP contribution < -0.4 is 5.32 Å². The Balaban J connectivity index is 1.76. The first-order chi connectivity index (χ1) is 10.6. The van der Waals surface area contributed by atoms with Crippen molar-refractivity contribution in [3.8, 4) is 0 Å². The molecule has 0 bridgehead atoms. The van der Waals surface area contributed by atoms with Gasteiger partial charge >= 0.3 is 0 Å². The minimum absolute atomic E-state index is 0.0925. The lowest BCUT2D eigenvalue weighted by atomic mass is 10.2. The average molecular weight is 376 g/mol. The van der Waals surface area contributed by atoms with E-state index in [1.807, 2.05) is 42.6 Å². The van der Waals surface area contributed by atoms with E-state index in [1.165, 1.54) is 11.3 Å². The van der Waals surface area contributed by atoms with Crippen LogP contribution in [0.1, 0.15) is 20.8 Å². The van der Waals surface area contributed by atoms with E-state index in [0.717, 1.165) is 20.5 Å². The zero-order chi connectivity index (χ0) is 15.5. The summed E-state index contributed by atoms with van der Waals surface area (Å²) >= 11 is 4.87. The lowest BCUT2D eigenvalue weighted by Crippen LogP contribution is -2.15. The molecule has 112 valence electrons. The summed E-state index contributed by atoms with van der Waals surface area (Å²) in [7, 11) is 0. The number of hydrogen-bond donors (Lipinski definition) is 1. The number of hydrogen-bond acceptors (Lipinski definition) is 3. The lowest BCUT2D eigenvalue weighted by molar-refractivity contribution is 0.102. The molecule has 0 fully saturated rings. The molecule has 4 nitrogen and oxygen atoms in total. The van der Waals surface area contributed by atoms with Crippen LogP contribution >= 0.6 is 27.3 Å². The number of thiophene rings is 1. The molecule has 1 N–H and O–H groups in total. The number of benzene rings is 1. The van der Waals surface area contributed by atoms with Gasteiger partial charge in [0.05, 0.1) is 17.6 Å². The van der Waals surface area contributed by atoms with Gasteiger partial charge in [-0.15, -0.1) is 11.3 Å². The van der Waals surface area contributed by atoms with Crippen LogP contribution in [-0.4, -0.2) is 15.7 Å². The Labute approximate surface area is 140 Å². The summed E-state index contributed by atoms with van der Waals surface area (Å²) in [6, 6.07) is 11.8. The van der Waals surface area contributed by atoms with E-state index < -0.39 is 0 Å². The first-order valence-corrected chi connectivity index (χ1v) is 8.42. The SMILES string of the molecule is Cc1ccsc1C(=O)Nc1ccnn1Cc1ccc(Br)cc1. The Bertz CT molecular complexity index is 792. The summed E-state index contributed by atoms with van der Waals surface area (Å²) in [5.74, 6) is 0.603. The number of carbonyl (C=O) groups excluding carboxylic acids is 1. The maximum absolute atomic E-state index is 12.3. The first kappa shape index (κ1) is 15.0. The molecule has 1 aromatic carbocycles. The van der Waals surface area contributed by atoms with Crippen LogP contribution in [0.4, 0.5) is 5.82 Å². The van der Waals surface area contributed by atoms with Gasteiger partial charge in [0.2, 0.25) is 0 Å². The fraction of sp³-hybridized carbons (Fsp3) is 0.125. The van der Waals surface area contributed by atoms with Crippen molar-refractivity contribution in [3.05, 3.63) is 68.5 Å². The Hall–Kier alpha value is -1.92. The quantitative estimate of drug-likeness (QED) is 0.737. The highest BCUT2D eigenvalue weighted by molar-refractivity contribution is 9.10. The molecule has 3 rings (SSSR count). The molecule has 22 heavy (non-hydrogen) atoms. The minimum Gasteiger partial charge on any atom is -0.306 e. The summed E-state index contributed by atoms with van der Waals surface area (Å²) in [6.45, 7) is 2.55. The zero-order valence-corrected chi connectivity index (χ0v) is 14.3. The second kappa shape index (κ2) is 6.46. The number of rotatable bonds is 4. The number of aromatic nitrogens is 2. The van der Waals surface area contributed by atoms with Crippen molar-refractivity contribution in [3.63, 3.8) is 0 Å². The topological polar surface area (TPSA) is 46.9 Å². The summed E-state index contributed by atoms with van der Waals surface area (Å²) < 4.78 is 2.82. The van der Waals surface area contributed by atoms with E-state index in [2.05, 4.69) is 26.3 Å². The highest BCUT2D eigenvalue weighted by Crippen LogP contribution is 2.18. The fourth-order valence-electron chi connectivity index (χ4n) is 2.11. The monoisotopic (exact) mass is 375 g/mol. The molecule has 0 unspecified atom stereocenters. The van der Waals surface area contributed by atoms with E-state index in [1.54, 1.807) is 16.9 Å². The maximum Gasteiger partial charge on any atom is 0.267 e. The molecule has 2 aromatic heterocycles. The van der Waals surface area contributed by atoms with E-state index in [0.29, 0.717) is 12.4 Å². The predicted octanol–water partition coefficient (Wildman–Crippen LogP) is 4.32. The third kappa shape index (κ3) is 3.28. The van der Waals surface area contributed by atoms with Gasteiger partial charge in [0.25, 0.3) is 5.91 Å².